The molecule has 0 bridgehead atoms. The Balaban J connectivity index is 2.37. The van der Waals surface area contributed by atoms with Crippen molar-refractivity contribution in [3.05, 3.63) is 33.8 Å². The molecular weight excluding hydrogens is 640 g/mol. The van der Waals surface area contributed by atoms with Crippen LogP contribution < -0.4 is 9.47 Å². The van der Waals surface area contributed by atoms with Crippen LogP contribution in [0.5, 0.6) is 11.5 Å². The summed E-state index contributed by atoms with van der Waals surface area (Å²) in [6.07, 6.45) is 4.14. The van der Waals surface area contributed by atoms with Crippen molar-refractivity contribution < 1.29 is 23.7 Å². The van der Waals surface area contributed by atoms with Crippen LogP contribution in [0.3, 0.4) is 0 Å². The minimum atomic E-state index is -1.60. The molecule has 0 spiro atoms. The molecule has 0 N–H and O–H groups in total. The molecule has 0 unspecified atom stereocenters. The molecule has 0 saturated carbocycles. The van der Waals surface area contributed by atoms with Crippen LogP contribution >= 0.6 is 92.8 Å². The highest BCUT2D eigenvalue weighted by Gasteiger charge is 2.26. The Labute approximate surface area is 253 Å². The second-order valence-corrected chi connectivity index (χ2v) is 13.7. The monoisotopic (exact) mass is 666 g/mol. The van der Waals surface area contributed by atoms with Gasteiger partial charge >= 0.3 is 0 Å². The largest absolute Gasteiger partial charge is 0.493 e. The second-order valence-electron chi connectivity index (χ2n) is 7.65. The van der Waals surface area contributed by atoms with E-state index in [-0.39, 0.29) is 24.3 Å². The summed E-state index contributed by atoms with van der Waals surface area (Å²) < 4.78 is 25.2. The standard InChI is InChI=1S/C23H30Cl8O5/c1-3-17-12-18(33-10-7-19(24)25)11-16(2)21(17)34-9-6-4-5-8-32-13-20(35-14-22(26,27)28)36-15-23(29,30)31/h7,11-12,20H,3-6,8-10,13-15H2,1-2H3. The quantitative estimate of drug-likeness (QED) is 0.0942. The molecule has 0 aromatic heterocycles. The van der Waals surface area contributed by atoms with Crippen molar-refractivity contribution in [2.24, 2.45) is 0 Å². The molecule has 0 aliphatic rings. The number of aryl methyl sites for hydroxylation is 2. The molecule has 208 valence electrons. The first kappa shape index (κ1) is 34.8. The van der Waals surface area contributed by atoms with Crippen LogP contribution in [0.2, 0.25) is 0 Å². The van der Waals surface area contributed by atoms with Gasteiger partial charge in [0.05, 0.1) is 26.4 Å². The van der Waals surface area contributed by atoms with Gasteiger partial charge in [-0.2, -0.15) is 0 Å². The first-order valence-corrected chi connectivity index (χ1v) is 14.2. The zero-order valence-corrected chi connectivity index (χ0v) is 26.0. The normalized spacial score (nSPS) is 12.2. The van der Waals surface area contributed by atoms with Gasteiger partial charge in [-0.3, -0.25) is 0 Å². The highest BCUT2D eigenvalue weighted by molar-refractivity contribution is 6.68. The van der Waals surface area contributed by atoms with E-state index in [4.69, 9.17) is 116 Å². The third kappa shape index (κ3) is 17.4. The number of unbranched alkanes of at least 4 members (excludes halogenated alkanes) is 2. The number of hydrogen-bond acceptors (Lipinski definition) is 5. The van der Waals surface area contributed by atoms with E-state index in [1.807, 2.05) is 19.1 Å². The van der Waals surface area contributed by atoms with Crippen molar-refractivity contribution in [3.63, 3.8) is 0 Å². The number of hydrogen-bond donors (Lipinski definition) is 0. The van der Waals surface area contributed by atoms with Gasteiger partial charge in [0, 0.05) is 6.61 Å². The van der Waals surface area contributed by atoms with Gasteiger partial charge in [0.2, 0.25) is 7.59 Å². The Hall–Kier alpha value is 0.760. The summed E-state index contributed by atoms with van der Waals surface area (Å²) >= 11 is 45.5. The van der Waals surface area contributed by atoms with Gasteiger partial charge in [-0.05, 0) is 61.9 Å². The fourth-order valence-electron chi connectivity index (χ4n) is 2.92. The molecule has 0 saturated heterocycles. The van der Waals surface area contributed by atoms with Gasteiger partial charge in [0.1, 0.15) is 22.6 Å². The third-order valence-corrected chi connectivity index (χ3v) is 5.46. The molecule has 0 atom stereocenters. The number of ether oxygens (including phenoxy) is 5. The number of rotatable bonds is 17. The Bertz CT molecular complexity index is 774. The predicted molar refractivity (Wildman–Crippen MR) is 152 cm³/mol. The maximum Gasteiger partial charge on any atom is 0.213 e. The van der Waals surface area contributed by atoms with Crippen molar-refractivity contribution in [2.75, 3.05) is 39.6 Å². The predicted octanol–water partition coefficient (Wildman–Crippen LogP) is 8.92. The summed E-state index contributed by atoms with van der Waals surface area (Å²) in [6.45, 7) is 5.12. The number of halogens is 8. The summed E-state index contributed by atoms with van der Waals surface area (Å²) in [7, 11) is 0. The van der Waals surface area contributed by atoms with E-state index in [1.54, 1.807) is 6.08 Å². The van der Waals surface area contributed by atoms with E-state index < -0.39 is 13.9 Å². The lowest BCUT2D eigenvalue weighted by molar-refractivity contribution is -0.170. The first-order chi connectivity index (χ1) is 16.8. The van der Waals surface area contributed by atoms with Gasteiger partial charge in [0.15, 0.2) is 6.29 Å². The number of alkyl halides is 6. The third-order valence-electron chi connectivity index (χ3n) is 4.49. The van der Waals surface area contributed by atoms with Crippen molar-refractivity contribution in [1.29, 1.82) is 0 Å². The fourth-order valence-corrected chi connectivity index (χ4v) is 3.42. The molecule has 1 rings (SSSR count). The van der Waals surface area contributed by atoms with Crippen molar-refractivity contribution in [1.82, 2.24) is 0 Å². The molecule has 1 aromatic rings. The Morgan fingerprint density at radius 1 is 0.889 bits per heavy atom. The van der Waals surface area contributed by atoms with Gasteiger partial charge < -0.3 is 23.7 Å². The van der Waals surface area contributed by atoms with Crippen LogP contribution in [-0.4, -0.2) is 53.5 Å². The van der Waals surface area contributed by atoms with Crippen LogP contribution in [0, 0.1) is 6.92 Å². The summed E-state index contributed by atoms with van der Waals surface area (Å²) in [5, 5.41) is 0. The van der Waals surface area contributed by atoms with Crippen LogP contribution in [0.25, 0.3) is 0 Å². The Morgan fingerprint density at radius 2 is 1.50 bits per heavy atom. The molecule has 0 aliphatic heterocycles. The topological polar surface area (TPSA) is 46.2 Å². The van der Waals surface area contributed by atoms with E-state index >= 15 is 0 Å². The lowest BCUT2D eigenvalue weighted by atomic mass is 10.1. The van der Waals surface area contributed by atoms with Crippen LogP contribution in [0.4, 0.5) is 0 Å². The smallest absolute Gasteiger partial charge is 0.213 e. The SMILES string of the molecule is CCc1cc(OCC=C(Cl)Cl)cc(C)c1OCCCCCOCC(OCC(Cl)(Cl)Cl)OCC(Cl)(Cl)Cl. The molecular formula is C23H30Cl8O5. The van der Waals surface area contributed by atoms with E-state index in [0.29, 0.717) is 19.8 Å². The molecule has 13 heteroatoms. The maximum absolute atomic E-state index is 6.06. The van der Waals surface area contributed by atoms with Crippen molar-refractivity contribution >= 4 is 92.8 Å². The van der Waals surface area contributed by atoms with Crippen LogP contribution in [0.15, 0.2) is 22.7 Å². The molecule has 36 heavy (non-hydrogen) atoms. The van der Waals surface area contributed by atoms with Gasteiger partial charge in [-0.1, -0.05) is 99.7 Å². The molecule has 0 amide bonds. The Kier molecular flexibility index (Phi) is 17.6. The molecule has 0 heterocycles. The molecule has 0 radical (unpaired) electrons. The van der Waals surface area contributed by atoms with E-state index in [9.17, 15) is 0 Å². The highest BCUT2D eigenvalue weighted by Crippen LogP contribution is 2.31. The molecule has 0 aliphatic carbocycles. The van der Waals surface area contributed by atoms with E-state index in [2.05, 4.69) is 6.92 Å². The van der Waals surface area contributed by atoms with E-state index in [0.717, 1.165) is 48.3 Å². The fraction of sp³-hybridized carbons (Fsp3) is 0.652. The lowest BCUT2D eigenvalue weighted by Gasteiger charge is -2.22. The van der Waals surface area contributed by atoms with Gasteiger partial charge in [0.25, 0.3) is 0 Å². The molecule has 1 aromatic carbocycles. The highest BCUT2D eigenvalue weighted by atomic mass is 35.6. The summed E-state index contributed by atoms with van der Waals surface area (Å²) in [5.74, 6) is 1.63. The average Bonchev–Trinajstić information content (AvgIpc) is 2.76. The first-order valence-electron chi connectivity index (χ1n) is 11.2. The Morgan fingerprint density at radius 3 is 2.06 bits per heavy atom. The van der Waals surface area contributed by atoms with Gasteiger partial charge in [-0.15, -0.1) is 0 Å². The van der Waals surface area contributed by atoms with E-state index in [1.165, 1.54) is 0 Å². The summed E-state index contributed by atoms with van der Waals surface area (Å²) in [4.78, 5) is 0. The second kappa shape index (κ2) is 18.2. The molecule has 0 fully saturated rings. The van der Waals surface area contributed by atoms with Crippen LogP contribution in [0.1, 0.15) is 37.3 Å². The van der Waals surface area contributed by atoms with Crippen molar-refractivity contribution in [2.45, 2.75) is 53.4 Å². The maximum atomic E-state index is 6.06. The zero-order chi connectivity index (χ0) is 27.2. The summed E-state index contributed by atoms with van der Waals surface area (Å²) in [5.41, 5.74) is 2.08. The molecule has 5 nitrogen and oxygen atoms in total. The van der Waals surface area contributed by atoms with Gasteiger partial charge in [-0.25, -0.2) is 0 Å². The van der Waals surface area contributed by atoms with Crippen LogP contribution in [-0.2, 0) is 20.6 Å². The zero-order valence-electron chi connectivity index (χ0n) is 19.9. The lowest BCUT2D eigenvalue weighted by Crippen LogP contribution is -2.31. The van der Waals surface area contributed by atoms with Crippen molar-refractivity contribution in [3.8, 4) is 11.5 Å². The summed E-state index contributed by atoms with van der Waals surface area (Å²) in [6, 6.07) is 3.91. The minimum absolute atomic E-state index is 0.0956. The minimum Gasteiger partial charge on any atom is -0.493 e. The average molecular weight is 670 g/mol. The number of benzene rings is 1.